The van der Waals surface area contributed by atoms with Gasteiger partial charge in [0.25, 0.3) is 0 Å². The summed E-state index contributed by atoms with van der Waals surface area (Å²) in [6.07, 6.45) is 5.75. The first-order valence-corrected chi connectivity index (χ1v) is 10.8. The molecule has 0 aromatic heterocycles. The fourth-order valence-electron chi connectivity index (χ4n) is 4.32. The highest BCUT2D eigenvalue weighted by molar-refractivity contribution is 5.68. The summed E-state index contributed by atoms with van der Waals surface area (Å²) >= 11 is 0. The molecule has 1 aliphatic heterocycles. The van der Waals surface area contributed by atoms with Gasteiger partial charge >= 0.3 is 6.09 Å². The predicted octanol–water partition coefficient (Wildman–Crippen LogP) is 5.96. The van der Waals surface area contributed by atoms with Crippen LogP contribution in [0.1, 0.15) is 78.4 Å². The summed E-state index contributed by atoms with van der Waals surface area (Å²) in [4.78, 5) is 14.1. The zero-order valence-electron chi connectivity index (χ0n) is 18.5. The van der Waals surface area contributed by atoms with Crippen LogP contribution in [0.2, 0.25) is 0 Å². The van der Waals surface area contributed by atoms with Gasteiger partial charge in [0.1, 0.15) is 11.4 Å². The Hall–Kier alpha value is -1.71. The molecule has 1 aromatic carbocycles. The first-order valence-electron chi connectivity index (χ1n) is 10.8. The van der Waals surface area contributed by atoms with Crippen molar-refractivity contribution < 1.29 is 14.3 Å². The average Bonchev–Trinajstić information content (AvgIpc) is 2.59. The van der Waals surface area contributed by atoms with Crippen LogP contribution in [0, 0.1) is 11.3 Å². The van der Waals surface area contributed by atoms with Crippen molar-refractivity contribution >= 4 is 6.09 Å². The minimum Gasteiger partial charge on any atom is -0.490 e. The van der Waals surface area contributed by atoms with Crippen molar-refractivity contribution in [2.75, 3.05) is 6.54 Å². The molecule has 0 atom stereocenters. The van der Waals surface area contributed by atoms with Crippen LogP contribution in [0.5, 0.6) is 5.75 Å². The lowest BCUT2D eigenvalue weighted by Crippen LogP contribution is -2.39. The Morgan fingerprint density at radius 2 is 1.68 bits per heavy atom. The van der Waals surface area contributed by atoms with Gasteiger partial charge in [0.05, 0.1) is 6.10 Å². The van der Waals surface area contributed by atoms with Gasteiger partial charge < -0.3 is 14.4 Å². The number of carbonyl (C=O) groups is 1. The van der Waals surface area contributed by atoms with Gasteiger partial charge in [-0.05, 0) is 87.5 Å². The van der Waals surface area contributed by atoms with Gasteiger partial charge in [0, 0.05) is 13.1 Å². The van der Waals surface area contributed by atoms with Crippen molar-refractivity contribution in [1.29, 1.82) is 0 Å². The molecule has 3 rings (SSSR count). The zero-order valence-corrected chi connectivity index (χ0v) is 18.5. The standard InChI is InChI=1S/C24H37NO3/c1-23(2,3)19-8-11-20(12-9-19)27-21-10-7-18-16-25(14-13-17(18)15-21)22(26)28-24(4,5)6/h7,10,15,19-20H,8-9,11-14,16H2,1-6H3/t19-,20-. The maximum absolute atomic E-state index is 12.3. The van der Waals surface area contributed by atoms with Crippen molar-refractivity contribution in [3.63, 3.8) is 0 Å². The Bertz CT molecular complexity index is 691. The summed E-state index contributed by atoms with van der Waals surface area (Å²) in [6, 6.07) is 6.35. The number of hydrogen-bond acceptors (Lipinski definition) is 3. The number of carbonyl (C=O) groups excluding carboxylic acids is 1. The van der Waals surface area contributed by atoms with Crippen LogP contribution in [-0.4, -0.2) is 29.2 Å². The SMILES string of the molecule is CC(C)(C)OC(=O)N1CCc2cc(O[C@H]3CC[C@H](C(C)(C)C)CC3)ccc2C1. The summed E-state index contributed by atoms with van der Waals surface area (Å²) in [7, 11) is 0. The second kappa shape index (κ2) is 7.96. The number of fused-ring (bicyclic) bond motifs is 1. The minimum absolute atomic E-state index is 0.228. The molecule has 2 aliphatic rings. The molecule has 1 saturated carbocycles. The number of benzene rings is 1. The quantitative estimate of drug-likeness (QED) is 0.628. The third-order valence-electron chi connectivity index (χ3n) is 6.04. The number of ether oxygens (including phenoxy) is 2. The second-order valence-corrected chi connectivity index (χ2v) is 10.5. The molecule has 0 unspecified atom stereocenters. The molecule has 1 heterocycles. The van der Waals surface area contributed by atoms with E-state index in [1.807, 2.05) is 20.8 Å². The zero-order chi connectivity index (χ0) is 20.5. The van der Waals surface area contributed by atoms with Crippen LogP contribution in [0.3, 0.4) is 0 Å². The molecular weight excluding hydrogens is 350 g/mol. The van der Waals surface area contributed by atoms with Crippen LogP contribution < -0.4 is 4.74 Å². The fraction of sp³-hybridized carbons (Fsp3) is 0.708. The number of amides is 1. The number of hydrogen-bond donors (Lipinski definition) is 0. The van der Waals surface area contributed by atoms with Crippen molar-refractivity contribution in [1.82, 2.24) is 4.90 Å². The van der Waals surface area contributed by atoms with Gasteiger partial charge in [-0.3, -0.25) is 0 Å². The van der Waals surface area contributed by atoms with Crippen molar-refractivity contribution in [2.45, 2.75) is 91.9 Å². The van der Waals surface area contributed by atoms with Gasteiger partial charge in [-0.2, -0.15) is 0 Å². The monoisotopic (exact) mass is 387 g/mol. The Morgan fingerprint density at radius 1 is 1.00 bits per heavy atom. The van der Waals surface area contributed by atoms with Crippen LogP contribution >= 0.6 is 0 Å². The lowest BCUT2D eigenvalue weighted by atomic mass is 9.72. The lowest BCUT2D eigenvalue weighted by Gasteiger charge is -2.37. The molecule has 4 heteroatoms. The highest BCUT2D eigenvalue weighted by atomic mass is 16.6. The van der Waals surface area contributed by atoms with E-state index in [2.05, 4.69) is 39.0 Å². The van der Waals surface area contributed by atoms with Crippen LogP contribution in [0.15, 0.2) is 18.2 Å². The van der Waals surface area contributed by atoms with Crippen LogP contribution in [-0.2, 0) is 17.7 Å². The van der Waals surface area contributed by atoms with Gasteiger partial charge in [-0.15, -0.1) is 0 Å². The molecule has 0 saturated heterocycles. The maximum atomic E-state index is 12.3. The van der Waals surface area contributed by atoms with Gasteiger partial charge in [0.15, 0.2) is 0 Å². The van der Waals surface area contributed by atoms with E-state index < -0.39 is 5.60 Å². The molecule has 28 heavy (non-hydrogen) atoms. The topological polar surface area (TPSA) is 38.8 Å². The molecule has 0 radical (unpaired) electrons. The fourth-order valence-corrected chi connectivity index (χ4v) is 4.32. The summed E-state index contributed by atoms with van der Waals surface area (Å²) in [5, 5.41) is 0. The first kappa shape index (κ1) is 21.0. The van der Waals surface area contributed by atoms with Crippen molar-refractivity contribution in [3.8, 4) is 5.75 Å². The first-order chi connectivity index (χ1) is 13.0. The van der Waals surface area contributed by atoms with E-state index in [9.17, 15) is 4.79 Å². The number of rotatable bonds is 2. The minimum atomic E-state index is -0.457. The van der Waals surface area contributed by atoms with E-state index in [4.69, 9.17) is 9.47 Å². The van der Waals surface area contributed by atoms with Gasteiger partial charge in [0.2, 0.25) is 0 Å². The summed E-state index contributed by atoms with van der Waals surface area (Å²) in [5.74, 6) is 1.78. The summed E-state index contributed by atoms with van der Waals surface area (Å²) < 4.78 is 11.8. The van der Waals surface area contributed by atoms with E-state index in [-0.39, 0.29) is 6.09 Å². The lowest BCUT2D eigenvalue weighted by molar-refractivity contribution is 0.0224. The molecule has 0 N–H and O–H groups in total. The third-order valence-corrected chi connectivity index (χ3v) is 6.04. The third kappa shape index (κ3) is 5.42. The van der Waals surface area contributed by atoms with Crippen molar-refractivity contribution in [2.24, 2.45) is 11.3 Å². The molecule has 1 amide bonds. The Morgan fingerprint density at radius 3 is 2.29 bits per heavy atom. The molecule has 156 valence electrons. The molecule has 0 bridgehead atoms. The smallest absolute Gasteiger partial charge is 0.410 e. The van der Waals surface area contributed by atoms with E-state index in [1.165, 1.54) is 24.0 Å². The Labute approximate surface area is 170 Å². The van der Waals surface area contributed by atoms with E-state index in [0.29, 0.717) is 24.6 Å². The molecule has 1 aromatic rings. The largest absolute Gasteiger partial charge is 0.490 e. The average molecular weight is 388 g/mol. The van der Waals surface area contributed by atoms with Gasteiger partial charge in [-0.25, -0.2) is 4.79 Å². The van der Waals surface area contributed by atoms with Gasteiger partial charge in [-0.1, -0.05) is 26.8 Å². The van der Waals surface area contributed by atoms with Crippen molar-refractivity contribution in [3.05, 3.63) is 29.3 Å². The van der Waals surface area contributed by atoms with Crippen LogP contribution in [0.25, 0.3) is 0 Å². The molecule has 0 spiro atoms. The normalized spacial score (nSPS) is 23.1. The van der Waals surface area contributed by atoms with E-state index in [1.54, 1.807) is 4.90 Å². The van der Waals surface area contributed by atoms with E-state index in [0.717, 1.165) is 30.9 Å². The molecule has 1 aliphatic carbocycles. The number of nitrogens with zero attached hydrogens (tertiary/aromatic N) is 1. The molecule has 1 fully saturated rings. The van der Waals surface area contributed by atoms with E-state index >= 15 is 0 Å². The molecular formula is C24H37NO3. The summed E-state index contributed by atoms with van der Waals surface area (Å²) in [5.41, 5.74) is 2.43. The maximum Gasteiger partial charge on any atom is 0.410 e. The highest BCUT2D eigenvalue weighted by Crippen LogP contribution is 2.39. The Kier molecular flexibility index (Phi) is 5.97. The second-order valence-electron chi connectivity index (χ2n) is 10.5. The predicted molar refractivity (Wildman–Crippen MR) is 113 cm³/mol. The molecule has 4 nitrogen and oxygen atoms in total. The highest BCUT2D eigenvalue weighted by Gasteiger charge is 2.31. The Balaban J connectivity index is 1.56. The van der Waals surface area contributed by atoms with Crippen LogP contribution in [0.4, 0.5) is 4.79 Å². The summed E-state index contributed by atoms with van der Waals surface area (Å²) in [6.45, 7) is 14.1.